The largest absolute Gasteiger partial charge is 0.495 e. The van der Waals surface area contributed by atoms with Gasteiger partial charge in [-0.2, -0.15) is 0 Å². The number of ether oxygens (including phenoxy) is 1. The Morgan fingerprint density at radius 2 is 1.89 bits per heavy atom. The number of likely N-dealkylation sites (tertiary alicyclic amines) is 1. The van der Waals surface area contributed by atoms with Crippen molar-refractivity contribution >= 4 is 28.6 Å². The average molecular weight is 511 g/mol. The number of aryl methyl sites for hydroxylation is 1. The predicted octanol–water partition coefficient (Wildman–Crippen LogP) is 5.11. The third kappa shape index (κ3) is 5.72. The van der Waals surface area contributed by atoms with Crippen LogP contribution in [-0.4, -0.2) is 36.0 Å². The minimum absolute atomic E-state index is 0.142. The Bertz CT molecular complexity index is 1390. The number of aromatic nitrogens is 1. The summed E-state index contributed by atoms with van der Waals surface area (Å²) in [6.45, 7) is 11.2. The molecule has 1 saturated heterocycles. The highest BCUT2D eigenvalue weighted by Crippen LogP contribution is 2.28. The zero-order chi connectivity index (χ0) is 26.6. The van der Waals surface area contributed by atoms with Crippen LogP contribution in [0, 0.1) is 6.92 Å². The van der Waals surface area contributed by atoms with Crippen LogP contribution in [0.15, 0.2) is 67.6 Å². The first-order valence-electron chi connectivity index (χ1n) is 12.9. The SMILES string of the molecule is C=C(C)c1cc(CN2CCCC2)cc(C(=O)Nc2ccc(C)c(N3C=C(c4cncc(OC)c4)NN3)c2)c1. The number of rotatable bonds is 8. The monoisotopic (exact) mass is 510 g/mol. The molecular weight excluding hydrogens is 476 g/mol. The second kappa shape index (κ2) is 11.1. The molecule has 2 aliphatic rings. The summed E-state index contributed by atoms with van der Waals surface area (Å²) in [4.78, 5) is 20.0. The Morgan fingerprint density at radius 3 is 2.66 bits per heavy atom. The molecule has 2 aromatic carbocycles. The van der Waals surface area contributed by atoms with Crippen LogP contribution in [0.5, 0.6) is 5.75 Å². The van der Waals surface area contributed by atoms with Crippen molar-refractivity contribution in [2.24, 2.45) is 0 Å². The molecule has 0 spiro atoms. The van der Waals surface area contributed by atoms with E-state index in [1.165, 1.54) is 12.8 Å². The molecule has 1 aromatic heterocycles. The summed E-state index contributed by atoms with van der Waals surface area (Å²) in [7, 11) is 1.62. The second-order valence-electron chi connectivity index (χ2n) is 9.90. The molecule has 0 saturated carbocycles. The van der Waals surface area contributed by atoms with Crippen molar-refractivity contribution < 1.29 is 9.53 Å². The van der Waals surface area contributed by atoms with Crippen LogP contribution in [0.4, 0.5) is 11.4 Å². The van der Waals surface area contributed by atoms with Gasteiger partial charge in [-0.15, -0.1) is 5.53 Å². The zero-order valence-corrected chi connectivity index (χ0v) is 22.2. The number of hydrogen-bond donors (Lipinski definition) is 3. The van der Waals surface area contributed by atoms with Gasteiger partial charge in [0.25, 0.3) is 5.91 Å². The number of methoxy groups -OCH3 is 1. The molecule has 1 amide bonds. The first-order valence-corrected chi connectivity index (χ1v) is 12.9. The van der Waals surface area contributed by atoms with Crippen molar-refractivity contribution in [3.05, 3.63) is 95.5 Å². The number of benzene rings is 2. The normalized spacial score (nSPS) is 15.2. The van der Waals surface area contributed by atoms with Crippen molar-refractivity contribution in [3.8, 4) is 5.75 Å². The standard InChI is InChI=1S/C30H34N6O2/c1-20(2)23-11-22(18-35-9-5-6-10-35)12-24(13-23)30(37)32-26-8-7-21(3)29(15-26)36-19-28(33-34-36)25-14-27(38-4)17-31-16-25/h7-8,11-17,19,33-34H,1,5-6,9-10,18H2,2-4H3,(H,32,37). The summed E-state index contributed by atoms with van der Waals surface area (Å²) >= 11 is 0. The fourth-order valence-electron chi connectivity index (χ4n) is 4.78. The second-order valence-corrected chi connectivity index (χ2v) is 9.90. The average Bonchev–Trinajstić information content (AvgIpc) is 3.62. The van der Waals surface area contributed by atoms with Gasteiger partial charge >= 0.3 is 0 Å². The summed E-state index contributed by atoms with van der Waals surface area (Å²) < 4.78 is 5.30. The molecule has 0 radical (unpaired) electrons. The number of anilines is 2. The van der Waals surface area contributed by atoms with Crippen LogP contribution in [0.3, 0.4) is 0 Å². The van der Waals surface area contributed by atoms with E-state index in [2.05, 4.69) is 38.8 Å². The summed E-state index contributed by atoms with van der Waals surface area (Å²) in [5.74, 6) is 0.542. The highest BCUT2D eigenvalue weighted by molar-refractivity contribution is 6.05. The molecule has 8 nitrogen and oxygen atoms in total. The third-order valence-electron chi connectivity index (χ3n) is 6.91. The Morgan fingerprint density at radius 1 is 1.11 bits per heavy atom. The Kier molecular flexibility index (Phi) is 7.44. The molecule has 0 unspecified atom stereocenters. The van der Waals surface area contributed by atoms with Gasteiger partial charge < -0.3 is 15.5 Å². The Labute approximate surface area is 224 Å². The molecule has 3 aromatic rings. The summed E-state index contributed by atoms with van der Waals surface area (Å²) in [5, 5.41) is 4.97. The maximum Gasteiger partial charge on any atom is 0.255 e. The summed E-state index contributed by atoms with van der Waals surface area (Å²) in [6, 6.07) is 13.9. The lowest BCUT2D eigenvalue weighted by molar-refractivity contribution is 0.102. The Hall–Kier alpha value is -4.14. The minimum Gasteiger partial charge on any atom is -0.495 e. The quantitative estimate of drug-likeness (QED) is 0.389. The number of amides is 1. The van der Waals surface area contributed by atoms with Gasteiger partial charge in [-0.1, -0.05) is 24.3 Å². The van der Waals surface area contributed by atoms with E-state index in [1.54, 1.807) is 19.5 Å². The number of carbonyl (C=O) groups is 1. The topological polar surface area (TPSA) is 81.8 Å². The van der Waals surface area contributed by atoms with Gasteiger partial charge in [0.15, 0.2) is 0 Å². The van der Waals surface area contributed by atoms with Gasteiger partial charge in [-0.05, 0) is 86.8 Å². The molecule has 8 heteroatoms. The number of nitrogens with one attached hydrogen (secondary N) is 3. The van der Waals surface area contributed by atoms with Crippen LogP contribution in [0.1, 0.15) is 52.4 Å². The first kappa shape index (κ1) is 25.5. The van der Waals surface area contributed by atoms with Gasteiger partial charge in [-0.25, -0.2) is 0 Å². The maximum atomic E-state index is 13.4. The fraction of sp³-hybridized carbons (Fsp3) is 0.267. The van der Waals surface area contributed by atoms with Gasteiger partial charge in [0.05, 0.1) is 24.7 Å². The first-order chi connectivity index (χ1) is 18.4. The van der Waals surface area contributed by atoms with Gasteiger partial charge in [0.1, 0.15) is 5.75 Å². The molecule has 0 atom stereocenters. The molecule has 3 heterocycles. The van der Waals surface area contributed by atoms with Crippen molar-refractivity contribution in [2.75, 3.05) is 30.5 Å². The smallest absolute Gasteiger partial charge is 0.255 e. The predicted molar refractivity (Wildman–Crippen MR) is 152 cm³/mol. The van der Waals surface area contributed by atoms with E-state index < -0.39 is 0 Å². The molecule has 0 bridgehead atoms. The number of hydrazine groups is 2. The van der Waals surface area contributed by atoms with Crippen molar-refractivity contribution in [3.63, 3.8) is 0 Å². The zero-order valence-electron chi connectivity index (χ0n) is 22.2. The molecule has 5 rings (SSSR count). The van der Waals surface area contributed by atoms with Gasteiger partial charge in [0, 0.05) is 35.8 Å². The minimum atomic E-state index is -0.142. The summed E-state index contributed by atoms with van der Waals surface area (Å²) in [6.07, 6.45) is 7.86. The van der Waals surface area contributed by atoms with E-state index in [1.807, 2.05) is 61.5 Å². The molecule has 1 fully saturated rings. The number of carbonyl (C=O) groups excluding carboxylic acids is 1. The highest BCUT2D eigenvalue weighted by atomic mass is 16.5. The lowest BCUT2D eigenvalue weighted by Gasteiger charge is -2.19. The number of pyridine rings is 1. The van der Waals surface area contributed by atoms with Crippen LogP contribution in [-0.2, 0) is 6.54 Å². The van der Waals surface area contributed by atoms with Crippen molar-refractivity contribution in [2.45, 2.75) is 33.2 Å². The molecule has 0 aliphatic carbocycles. The number of allylic oxidation sites excluding steroid dienone is 1. The Balaban J connectivity index is 1.36. The lowest BCUT2D eigenvalue weighted by Crippen LogP contribution is -2.36. The van der Waals surface area contributed by atoms with Crippen LogP contribution in [0.25, 0.3) is 11.3 Å². The highest BCUT2D eigenvalue weighted by Gasteiger charge is 2.19. The van der Waals surface area contributed by atoms with Crippen molar-refractivity contribution in [1.29, 1.82) is 0 Å². The van der Waals surface area contributed by atoms with E-state index in [-0.39, 0.29) is 5.91 Å². The number of nitrogens with zero attached hydrogens (tertiary/aromatic N) is 3. The van der Waals surface area contributed by atoms with Gasteiger partial charge in [-0.3, -0.25) is 19.7 Å². The van der Waals surface area contributed by atoms with Gasteiger partial charge in [0.2, 0.25) is 0 Å². The molecule has 38 heavy (non-hydrogen) atoms. The molecule has 196 valence electrons. The maximum absolute atomic E-state index is 13.4. The van der Waals surface area contributed by atoms with E-state index in [0.717, 1.165) is 58.8 Å². The molecule has 2 aliphatic heterocycles. The lowest BCUT2D eigenvalue weighted by atomic mass is 10.0. The fourth-order valence-corrected chi connectivity index (χ4v) is 4.78. The van der Waals surface area contributed by atoms with E-state index in [4.69, 9.17) is 4.74 Å². The molecular formula is C30H34N6O2. The van der Waals surface area contributed by atoms with E-state index >= 15 is 0 Å². The van der Waals surface area contributed by atoms with Crippen LogP contribution in [0.2, 0.25) is 0 Å². The van der Waals surface area contributed by atoms with Crippen LogP contribution >= 0.6 is 0 Å². The molecule has 3 N–H and O–H groups in total. The van der Waals surface area contributed by atoms with Crippen LogP contribution < -0.4 is 26.0 Å². The van der Waals surface area contributed by atoms with E-state index in [0.29, 0.717) is 17.0 Å². The number of hydrogen-bond acceptors (Lipinski definition) is 7. The third-order valence-corrected chi connectivity index (χ3v) is 6.91. The van der Waals surface area contributed by atoms with Crippen molar-refractivity contribution in [1.82, 2.24) is 20.8 Å². The summed E-state index contributed by atoms with van der Waals surface area (Å²) in [5.41, 5.74) is 14.5. The van der Waals surface area contributed by atoms with E-state index in [9.17, 15) is 4.79 Å².